The fourth-order valence-electron chi connectivity index (χ4n) is 1.45. The first-order chi connectivity index (χ1) is 6.22. The van der Waals surface area contributed by atoms with Crippen molar-refractivity contribution in [3.63, 3.8) is 0 Å². The van der Waals surface area contributed by atoms with Gasteiger partial charge >= 0.3 is 0 Å². The Labute approximate surface area is 75.2 Å². The van der Waals surface area contributed by atoms with Gasteiger partial charge in [0, 0.05) is 5.69 Å². The summed E-state index contributed by atoms with van der Waals surface area (Å²) in [6, 6.07) is 5.10. The van der Waals surface area contributed by atoms with Gasteiger partial charge in [0.2, 0.25) is 5.91 Å². The van der Waals surface area contributed by atoms with Gasteiger partial charge in [-0.05, 0) is 23.8 Å². The molecule has 0 saturated heterocycles. The first-order valence-corrected chi connectivity index (χ1v) is 3.83. The highest BCUT2D eigenvalue weighted by atomic mass is 16.2. The number of carbonyl (C=O) groups excluding carboxylic acids is 1. The molecule has 0 fully saturated rings. The van der Waals surface area contributed by atoms with E-state index in [2.05, 4.69) is 0 Å². The van der Waals surface area contributed by atoms with Crippen molar-refractivity contribution in [2.45, 2.75) is 6.42 Å². The van der Waals surface area contributed by atoms with Crippen molar-refractivity contribution < 1.29 is 4.79 Å². The number of rotatable bonds is 0. The molecule has 2 N–H and O–H groups in total. The number of nitrogens with zero attached hydrogens (tertiary/aromatic N) is 2. The maximum absolute atomic E-state index is 11.2. The third-order valence-electron chi connectivity index (χ3n) is 2.04. The number of nitriles is 1. The summed E-state index contributed by atoms with van der Waals surface area (Å²) in [5.41, 5.74) is 7.65. The molecule has 64 valence electrons. The maximum atomic E-state index is 11.2. The number of nitrogen functional groups attached to an aromatic ring is 1. The molecule has 0 saturated carbocycles. The lowest BCUT2D eigenvalue weighted by Gasteiger charge is -2.05. The Morgan fingerprint density at radius 3 is 3.00 bits per heavy atom. The lowest BCUT2D eigenvalue weighted by Crippen LogP contribution is -2.19. The first kappa shape index (κ1) is 7.62. The van der Waals surface area contributed by atoms with Gasteiger partial charge in [0.1, 0.15) is 0 Å². The Morgan fingerprint density at radius 1 is 1.54 bits per heavy atom. The van der Waals surface area contributed by atoms with E-state index in [-0.39, 0.29) is 12.3 Å². The summed E-state index contributed by atoms with van der Waals surface area (Å²) >= 11 is 0. The summed E-state index contributed by atoms with van der Waals surface area (Å²) in [6.45, 7) is 0. The fraction of sp³-hybridized carbons (Fsp3) is 0.111. The molecule has 0 bridgehead atoms. The van der Waals surface area contributed by atoms with Crippen LogP contribution in [-0.4, -0.2) is 5.91 Å². The third-order valence-corrected chi connectivity index (χ3v) is 2.04. The summed E-state index contributed by atoms with van der Waals surface area (Å²) in [5.74, 6) is -0.192. The molecule has 1 aliphatic heterocycles. The van der Waals surface area contributed by atoms with Crippen LogP contribution in [-0.2, 0) is 11.2 Å². The van der Waals surface area contributed by atoms with Gasteiger partial charge in [0.25, 0.3) is 0 Å². The Kier molecular flexibility index (Phi) is 1.46. The monoisotopic (exact) mass is 173 g/mol. The molecule has 0 aromatic heterocycles. The van der Waals surface area contributed by atoms with Gasteiger partial charge in [-0.25, -0.2) is 4.90 Å². The zero-order chi connectivity index (χ0) is 9.42. The van der Waals surface area contributed by atoms with Crippen LogP contribution < -0.4 is 10.6 Å². The van der Waals surface area contributed by atoms with Crippen molar-refractivity contribution in [1.82, 2.24) is 0 Å². The standard InChI is InChI=1S/C9H7N3O/c10-5-12-8-2-1-7(11)3-6(8)4-9(12)13/h1-3H,4,11H2. The lowest BCUT2D eigenvalue weighted by atomic mass is 10.1. The van der Waals surface area contributed by atoms with Crippen LogP contribution in [0.2, 0.25) is 0 Å². The Bertz CT molecular complexity index is 419. The second-order valence-electron chi connectivity index (χ2n) is 2.89. The van der Waals surface area contributed by atoms with E-state index in [1.807, 2.05) is 6.19 Å². The molecule has 13 heavy (non-hydrogen) atoms. The zero-order valence-electron chi connectivity index (χ0n) is 6.82. The normalized spacial score (nSPS) is 14.1. The van der Waals surface area contributed by atoms with Crippen LogP contribution in [0.5, 0.6) is 0 Å². The smallest absolute Gasteiger partial charge is 0.244 e. The van der Waals surface area contributed by atoms with Crippen LogP contribution in [0.4, 0.5) is 11.4 Å². The molecule has 1 amide bonds. The highest BCUT2D eigenvalue weighted by molar-refractivity contribution is 6.03. The topological polar surface area (TPSA) is 70.1 Å². The van der Waals surface area contributed by atoms with E-state index in [9.17, 15) is 4.79 Å². The zero-order valence-corrected chi connectivity index (χ0v) is 6.82. The quantitative estimate of drug-likeness (QED) is 0.462. The van der Waals surface area contributed by atoms with Crippen LogP contribution in [0.15, 0.2) is 18.2 Å². The van der Waals surface area contributed by atoms with Crippen LogP contribution in [0.3, 0.4) is 0 Å². The SMILES string of the molecule is N#CN1C(=O)Cc2cc(N)ccc21. The third kappa shape index (κ3) is 1.02. The number of hydrogen-bond acceptors (Lipinski definition) is 3. The molecule has 0 atom stereocenters. The number of amides is 1. The van der Waals surface area contributed by atoms with Gasteiger partial charge in [0.15, 0.2) is 6.19 Å². The Balaban J connectivity index is 2.56. The fourth-order valence-corrected chi connectivity index (χ4v) is 1.45. The predicted molar refractivity (Wildman–Crippen MR) is 47.7 cm³/mol. The molecule has 2 rings (SSSR count). The minimum absolute atomic E-state index is 0.192. The number of carbonyl (C=O) groups is 1. The molecular formula is C9H7N3O. The summed E-state index contributed by atoms with van der Waals surface area (Å²) in [6.07, 6.45) is 2.10. The largest absolute Gasteiger partial charge is 0.399 e. The van der Waals surface area contributed by atoms with E-state index >= 15 is 0 Å². The molecule has 1 aromatic carbocycles. The van der Waals surface area contributed by atoms with Gasteiger partial charge < -0.3 is 5.73 Å². The van der Waals surface area contributed by atoms with E-state index in [4.69, 9.17) is 11.0 Å². The van der Waals surface area contributed by atoms with E-state index < -0.39 is 0 Å². The summed E-state index contributed by atoms with van der Waals surface area (Å²) in [4.78, 5) is 12.3. The van der Waals surface area contributed by atoms with Crippen LogP contribution in [0.1, 0.15) is 5.56 Å². The first-order valence-electron chi connectivity index (χ1n) is 3.83. The van der Waals surface area contributed by atoms with Crippen molar-refractivity contribution in [2.75, 3.05) is 10.6 Å². The number of fused-ring (bicyclic) bond motifs is 1. The second-order valence-corrected chi connectivity index (χ2v) is 2.89. The molecule has 0 radical (unpaired) electrons. The average molecular weight is 173 g/mol. The molecule has 0 spiro atoms. The van der Waals surface area contributed by atoms with Crippen LogP contribution in [0.25, 0.3) is 0 Å². The molecule has 4 nitrogen and oxygen atoms in total. The highest BCUT2D eigenvalue weighted by Crippen LogP contribution is 2.29. The predicted octanol–water partition coefficient (Wildman–Crippen LogP) is 0.639. The minimum atomic E-state index is -0.192. The number of hydrogen-bond donors (Lipinski definition) is 1. The van der Waals surface area contributed by atoms with E-state index in [0.717, 1.165) is 10.5 Å². The minimum Gasteiger partial charge on any atom is -0.399 e. The highest BCUT2D eigenvalue weighted by Gasteiger charge is 2.26. The van der Waals surface area contributed by atoms with Gasteiger partial charge in [-0.3, -0.25) is 4.79 Å². The average Bonchev–Trinajstić information content (AvgIpc) is 2.39. The van der Waals surface area contributed by atoms with E-state index in [1.54, 1.807) is 18.2 Å². The molecule has 1 aromatic rings. The van der Waals surface area contributed by atoms with Gasteiger partial charge in [-0.2, -0.15) is 5.26 Å². The molecule has 1 aliphatic rings. The molecular weight excluding hydrogens is 166 g/mol. The Morgan fingerprint density at radius 2 is 2.31 bits per heavy atom. The maximum Gasteiger partial charge on any atom is 0.244 e. The number of benzene rings is 1. The Hall–Kier alpha value is -2.02. The summed E-state index contributed by atoms with van der Waals surface area (Å²) in [5, 5.41) is 8.68. The van der Waals surface area contributed by atoms with Crippen LogP contribution >= 0.6 is 0 Å². The molecule has 0 aliphatic carbocycles. The molecule has 1 heterocycles. The van der Waals surface area contributed by atoms with Gasteiger partial charge in [-0.1, -0.05) is 0 Å². The van der Waals surface area contributed by atoms with Crippen molar-refractivity contribution in [2.24, 2.45) is 0 Å². The van der Waals surface area contributed by atoms with Crippen molar-refractivity contribution >= 4 is 17.3 Å². The second kappa shape index (κ2) is 2.49. The lowest BCUT2D eigenvalue weighted by molar-refractivity contribution is -0.116. The van der Waals surface area contributed by atoms with E-state index in [0.29, 0.717) is 11.4 Å². The summed E-state index contributed by atoms with van der Waals surface area (Å²) in [7, 11) is 0. The van der Waals surface area contributed by atoms with Crippen molar-refractivity contribution in [3.05, 3.63) is 23.8 Å². The van der Waals surface area contributed by atoms with Gasteiger partial charge in [-0.15, -0.1) is 0 Å². The summed E-state index contributed by atoms with van der Waals surface area (Å²) < 4.78 is 0. The van der Waals surface area contributed by atoms with Crippen molar-refractivity contribution in [1.29, 1.82) is 5.26 Å². The van der Waals surface area contributed by atoms with E-state index in [1.165, 1.54) is 0 Å². The number of nitrogens with two attached hydrogens (primary N) is 1. The molecule has 4 heteroatoms. The number of anilines is 2. The van der Waals surface area contributed by atoms with Crippen LogP contribution in [0, 0.1) is 11.5 Å². The molecule has 0 unspecified atom stereocenters. The van der Waals surface area contributed by atoms with Gasteiger partial charge in [0.05, 0.1) is 12.1 Å². The van der Waals surface area contributed by atoms with Crippen molar-refractivity contribution in [3.8, 4) is 6.19 Å².